The molecule has 1 aromatic carbocycles. The number of benzene rings is 1. The predicted octanol–water partition coefficient (Wildman–Crippen LogP) is 2.74. The number of anilines is 1. The van der Waals surface area contributed by atoms with Crippen LogP contribution in [-0.4, -0.2) is 41.6 Å². The van der Waals surface area contributed by atoms with E-state index in [-0.39, 0.29) is 19.0 Å². The molecule has 2 amide bonds. The van der Waals surface area contributed by atoms with Gasteiger partial charge in [-0.1, -0.05) is 17.7 Å². The molecule has 0 atom stereocenters. The Balaban J connectivity index is 2.83. The highest BCUT2D eigenvalue weighted by Crippen LogP contribution is 2.17. The molecule has 0 saturated heterocycles. The molecule has 0 unspecified atom stereocenters. The van der Waals surface area contributed by atoms with Gasteiger partial charge in [-0.25, -0.2) is 4.79 Å². The first-order chi connectivity index (χ1) is 9.49. The lowest BCUT2D eigenvalue weighted by Crippen LogP contribution is -2.44. The normalized spacial score (nSPS) is 10.2. The summed E-state index contributed by atoms with van der Waals surface area (Å²) in [4.78, 5) is 26.3. The molecule has 0 aliphatic carbocycles. The van der Waals surface area contributed by atoms with E-state index in [0.29, 0.717) is 13.1 Å². The van der Waals surface area contributed by atoms with Crippen LogP contribution in [0.3, 0.4) is 0 Å². The number of rotatable bonds is 6. The van der Waals surface area contributed by atoms with Crippen molar-refractivity contribution >= 4 is 17.7 Å². The molecule has 1 rings (SSSR count). The summed E-state index contributed by atoms with van der Waals surface area (Å²) in [5, 5.41) is 8.73. The number of urea groups is 1. The van der Waals surface area contributed by atoms with Crippen molar-refractivity contribution in [1.29, 1.82) is 0 Å². The highest BCUT2D eigenvalue weighted by molar-refractivity contribution is 5.92. The van der Waals surface area contributed by atoms with E-state index in [9.17, 15) is 9.59 Å². The number of aryl methyl sites for hydroxylation is 1. The molecular formula is C15H22N2O3. The Bertz CT molecular complexity index is 457. The largest absolute Gasteiger partial charge is 0.481 e. The lowest BCUT2D eigenvalue weighted by Gasteiger charge is -2.29. The number of carbonyl (C=O) groups excluding carboxylic acids is 1. The van der Waals surface area contributed by atoms with Crippen molar-refractivity contribution < 1.29 is 14.7 Å². The molecule has 0 aliphatic heterocycles. The van der Waals surface area contributed by atoms with E-state index in [2.05, 4.69) is 0 Å². The molecule has 0 saturated carbocycles. The van der Waals surface area contributed by atoms with Crippen LogP contribution in [0, 0.1) is 6.92 Å². The van der Waals surface area contributed by atoms with Gasteiger partial charge >= 0.3 is 12.0 Å². The Morgan fingerprint density at radius 2 is 1.70 bits per heavy atom. The van der Waals surface area contributed by atoms with Crippen LogP contribution in [-0.2, 0) is 4.79 Å². The number of aliphatic carboxylic acids is 1. The molecule has 0 radical (unpaired) electrons. The number of carboxylic acids is 1. The molecule has 0 aliphatic rings. The maximum Gasteiger partial charge on any atom is 0.324 e. The number of carboxylic acid groups (broad SMARTS) is 1. The second-order valence-corrected chi connectivity index (χ2v) is 4.59. The van der Waals surface area contributed by atoms with Gasteiger partial charge in [-0.15, -0.1) is 0 Å². The van der Waals surface area contributed by atoms with E-state index < -0.39 is 5.97 Å². The fourth-order valence-electron chi connectivity index (χ4n) is 1.94. The van der Waals surface area contributed by atoms with Gasteiger partial charge in [0.1, 0.15) is 0 Å². The van der Waals surface area contributed by atoms with Gasteiger partial charge in [-0.3, -0.25) is 9.69 Å². The first-order valence-corrected chi connectivity index (χ1v) is 6.84. The van der Waals surface area contributed by atoms with Crippen molar-refractivity contribution in [3.8, 4) is 0 Å². The molecule has 0 spiro atoms. The molecule has 0 aromatic heterocycles. The monoisotopic (exact) mass is 278 g/mol. The van der Waals surface area contributed by atoms with Crippen LogP contribution < -0.4 is 4.90 Å². The molecule has 20 heavy (non-hydrogen) atoms. The van der Waals surface area contributed by atoms with Crippen LogP contribution in [0.25, 0.3) is 0 Å². The number of hydrogen-bond acceptors (Lipinski definition) is 2. The van der Waals surface area contributed by atoms with Gasteiger partial charge in [0.2, 0.25) is 0 Å². The Labute approximate surface area is 119 Å². The van der Waals surface area contributed by atoms with E-state index in [4.69, 9.17) is 5.11 Å². The van der Waals surface area contributed by atoms with E-state index in [1.807, 2.05) is 45.0 Å². The van der Waals surface area contributed by atoms with Gasteiger partial charge < -0.3 is 10.0 Å². The summed E-state index contributed by atoms with van der Waals surface area (Å²) < 4.78 is 0. The van der Waals surface area contributed by atoms with Crippen LogP contribution in [0.15, 0.2) is 24.3 Å². The second kappa shape index (κ2) is 7.53. The topological polar surface area (TPSA) is 60.9 Å². The molecule has 1 aromatic rings. The van der Waals surface area contributed by atoms with Crippen molar-refractivity contribution in [1.82, 2.24) is 4.90 Å². The fourth-order valence-corrected chi connectivity index (χ4v) is 1.94. The quantitative estimate of drug-likeness (QED) is 0.870. The van der Waals surface area contributed by atoms with Gasteiger partial charge in [-0.2, -0.15) is 0 Å². The van der Waals surface area contributed by atoms with Crippen LogP contribution in [0.5, 0.6) is 0 Å². The minimum Gasteiger partial charge on any atom is -0.481 e. The molecule has 0 heterocycles. The third-order valence-electron chi connectivity index (χ3n) is 3.14. The SMILES string of the molecule is CCN(CCC(=O)O)C(=O)N(CC)c1ccc(C)cc1. The number of nitrogens with zero attached hydrogens (tertiary/aromatic N) is 2. The lowest BCUT2D eigenvalue weighted by molar-refractivity contribution is -0.137. The minimum atomic E-state index is -0.894. The average Bonchev–Trinajstić information content (AvgIpc) is 2.42. The Kier molecular flexibility index (Phi) is 6.03. The van der Waals surface area contributed by atoms with Crippen LogP contribution in [0.2, 0.25) is 0 Å². The molecule has 0 fully saturated rings. The zero-order valence-electron chi connectivity index (χ0n) is 12.3. The number of amides is 2. The second-order valence-electron chi connectivity index (χ2n) is 4.59. The Hall–Kier alpha value is -2.04. The van der Waals surface area contributed by atoms with Gasteiger partial charge in [0.15, 0.2) is 0 Å². The predicted molar refractivity (Wildman–Crippen MR) is 79.1 cm³/mol. The summed E-state index contributed by atoms with van der Waals surface area (Å²) in [6.45, 7) is 7.02. The van der Waals surface area contributed by atoms with Gasteiger partial charge in [0.05, 0.1) is 6.42 Å². The maximum atomic E-state index is 12.5. The van der Waals surface area contributed by atoms with Crippen LogP contribution >= 0.6 is 0 Å². The average molecular weight is 278 g/mol. The summed E-state index contributed by atoms with van der Waals surface area (Å²) in [5.41, 5.74) is 1.97. The Morgan fingerprint density at radius 1 is 1.10 bits per heavy atom. The van der Waals surface area contributed by atoms with Crippen molar-refractivity contribution in [3.63, 3.8) is 0 Å². The smallest absolute Gasteiger partial charge is 0.324 e. The zero-order valence-corrected chi connectivity index (χ0v) is 12.3. The summed E-state index contributed by atoms with van der Waals surface area (Å²) >= 11 is 0. The summed E-state index contributed by atoms with van der Waals surface area (Å²) in [7, 11) is 0. The molecular weight excluding hydrogens is 256 g/mol. The fraction of sp³-hybridized carbons (Fsp3) is 0.467. The van der Waals surface area contributed by atoms with Gasteiger partial charge in [0.25, 0.3) is 0 Å². The highest BCUT2D eigenvalue weighted by Gasteiger charge is 2.20. The molecule has 1 N–H and O–H groups in total. The van der Waals surface area contributed by atoms with Gasteiger partial charge in [-0.05, 0) is 32.9 Å². The third kappa shape index (κ3) is 4.26. The number of hydrogen-bond donors (Lipinski definition) is 1. The molecule has 0 bridgehead atoms. The standard InChI is InChI=1S/C15H22N2O3/c1-4-16(11-10-14(18)19)15(20)17(5-2)13-8-6-12(3)7-9-13/h6-9H,4-5,10-11H2,1-3H3,(H,18,19). The molecule has 110 valence electrons. The van der Waals surface area contributed by atoms with Crippen molar-refractivity contribution in [2.75, 3.05) is 24.5 Å². The van der Waals surface area contributed by atoms with E-state index in [0.717, 1.165) is 11.3 Å². The highest BCUT2D eigenvalue weighted by atomic mass is 16.4. The van der Waals surface area contributed by atoms with E-state index >= 15 is 0 Å². The van der Waals surface area contributed by atoms with Crippen LogP contribution in [0.1, 0.15) is 25.8 Å². The summed E-state index contributed by atoms with van der Waals surface area (Å²) in [6.07, 6.45) is -0.0367. The maximum absolute atomic E-state index is 12.5. The first kappa shape index (κ1) is 16.0. The van der Waals surface area contributed by atoms with Crippen molar-refractivity contribution in [3.05, 3.63) is 29.8 Å². The first-order valence-electron chi connectivity index (χ1n) is 6.84. The van der Waals surface area contributed by atoms with Crippen molar-refractivity contribution in [2.45, 2.75) is 27.2 Å². The minimum absolute atomic E-state index is 0.0367. The Morgan fingerprint density at radius 3 is 2.15 bits per heavy atom. The summed E-state index contributed by atoms with van der Waals surface area (Å²) in [5.74, 6) is -0.894. The molecule has 5 heteroatoms. The third-order valence-corrected chi connectivity index (χ3v) is 3.14. The lowest BCUT2D eigenvalue weighted by atomic mass is 10.2. The number of carbonyl (C=O) groups is 2. The van der Waals surface area contributed by atoms with Crippen molar-refractivity contribution in [2.24, 2.45) is 0 Å². The van der Waals surface area contributed by atoms with Crippen LogP contribution in [0.4, 0.5) is 10.5 Å². The van der Waals surface area contributed by atoms with E-state index in [1.54, 1.807) is 9.80 Å². The summed E-state index contributed by atoms with van der Waals surface area (Å²) in [6, 6.07) is 7.57. The van der Waals surface area contributed by atoms with Gasteiger partial charge in [0, 0.05) is 25.3 Å². The zero-order chi connectivity index (χ0) is 15.1. The van der Waals surface area contributed by atoms with E-state index in [1.165, 1.54) is 0 Å². The molecule has 5 nitrogen and oxygen atoms in total.